The van der Waals surface area contributed by atoms with Crippen LogP contribution >= 0.6 is 0 Å². The van der Waals surface area contributed by atoms with E-state index in [1.54, 1.807) is 48.5 Å². The van der Waals surface area contributed by atoms with E-state index in [2.05, 4.69) is 0 Å². The molecule has 0 atom stereocenters. The first-order chi connectivity index (χ1) is 14.0. The van der Waals surface area contributed by atoms with Crippen molar-refractivity contribution in [2.24, 2.45) is 0 Å². The normalized spacial score (nSPS) is 11.4. The van der Waals surface area contributed by atoms with E-state index < -0.39 is 41.5 Å². The van der Waals surface area contributed by atoms with Crippen molar-refractivity contribution in [2.45, 2.75) is 9.79 Å². The molecule has 0 spiro atoms. The Kier molecular flexibility index (Phi) is 7.93. The van der Waals surface area contributed by atoms with Crippen LogP contribution in [0.2, 0.25) is 0 Å². The van der Waals surface area contributed by atoms with Gasteiger partial charge in [0.15, 0.2) is 0 Å². The molecule has 4 aromatic rings. The van der Waals surface area contributed by atoms with Gasteiger partial charge in [0.2, 0.25) is 0 Å². The molecule has 0 saturated carbocycles. The third kappa shape index (κ3) is 5.66. The van der Waals surface area contributed by atoms with Crippen molar-refractivity contribution < 1.29 is 36.2 Å². The summed E-state index contributed by atoms with van der Waals surface area (Å²) >= 11 is 0. The van der Waals surface area contributed by atoms with E-state index >= 15 is 0 Å². The van der Waals surface area contributed by atoms with Gasteiger partial charge >= 0.3 is 37.7 Å². The summed E-state index contributed by atoms with van der Waals surface area (Å²) in [6, 6.07) is 18.5. The van der Waals surface area contributed by atoms with Crippen molar-refractivity contribution >= 4 is 79.5 Å². The summed E-state index contributed by atoms with van der Waals surface area (Å²) in [5, 5.41) is 20.4. The Bertz CT molecular complexity index is 1350. The van der Waals surface area contributed by atoms with Crippen LogP contribution in [0.4, 0.5) is 0 Å². The monoisotopic (exact) mass is 486 g/mol. The third-order valence-corrected chi connectivity index (χ3v) is 6.08. The van der Waals surface area contributed by atoms with Crippen LogP contribution in [0.3, 0.4) is 0 Å². The van der Waals surface area contributed by atoms with Gasteiger partial charge in [-0.05, 0) is 22.9 Å². The van der Waals surface area contributed by atoms with Crippen LogP contribution in [0.5, 0.6) is 11.5 Å². The van der Waals surface area contributed by atoms with Crippen LogP contribution in [0, 0.1) is 0 Å². The van der Waals surface area contributed by atoms with Gasteiger partial charge in [0, 0.05) is 10.8 Å². The number of benzene rings is 4. The van der Waals surface area contributed by atoms with Gasteiger partial charge in [0.25, 0.3) is 0 Å². The molecule has 11 heteroatoms. The summed E-state index contributed by atoms with van der Waals surface area (Å²) in [7, 11) is -9.32. The van der Waals surface area contributed by atoms with E-state index in [0.717, 1.165) is 0 Å². The Labute approximate surface area is 208 Å². The van der Waals surface area contributed by atoms with Crippen molar-refractivity contribution in [1.82, 2.24) is 0 Å². The van der Waals surface area contributed by atoms with Crippen molar-refractivity contribution in [3.05, 3.63) is 72.8 Å². The molecule has 31 heavy (non-hydrogen) atoms. The second-order valence-electron chi connectivity index (χ2n) is 6.18. The summed E-state index contributed by atoms with van der Waals surface area (Å²) in [5.74, 6) is -1.02. The van der Waals surface area contributed by atoms with E-state index in [-0.39, 0.29) is 48.5 Å². The third-order valence-electron chi connectivity index (χ3n) is 4.22. The van der Waals surface area contributed by atoms with Gasteiger partial charge in [0.05, 0.1) is 0 Å². The first-order valence-corrected chi connectivity index (χ1v) is 11.1. The number of phenols is 2. The van der Waals surface area contributed by atoms with Gasteiger partial charge in [-0.1, -0.05) is 60.7 Å². The summed E-state index contributed by atoms with van der Waals surface area (Å²) in [6.45, 7) is 0. The number of phenolic OH excluding ortho intramolecular Hbond substituents is 2. The van der Waals surface area contributed by atoms with Crippen molar-refractivity contribution in [3.63, 3.8) is 0 Å². The molecule has 0 unspecified atom stereocenters. The maximum atomic E-state index is 11.0. The average molecular weight is 487 g/mol. The van der Waals surface area contributed by atoms with Gasteiger partial charge < -0.3 is 19.3 Å². The molecule has 0 aliphatic carbocycles. The van der Waals surface area contributed by atoms with Crippen LogP contribution in [0.15, 0.2) is 82.6 Å². The Morgan fingerprint density at radius 2 is 0.871 bits per heavy atom. The van der Waals surface area contributed by atoms with Gasteiger partial charge in [-0.2, -0.15) is 0 Å². The number of rotatable bonds is 2. The first kappa shape index (κ1) is 25.3. The van der Waals surface area contributed by atoms with E-state index in [4.69, 9.17) is 0 Å². The second-order valence-corrected chi connectivity index (χ2v) is 8.81. The number of hydrogen-bond acceptors (Lipinski definition) is 8. The fraction of sp³-hybridized carbons (Fsp3) is 0. The molecule has 4 rings (SSSR count). The zero-order valence-electron chi connectivity index (χ0n) is 15.8. The Morgan fingerprint density at radius 1 is 0.548 bits per heavy atom. The zero-order valence-corrected chi connectivity index (χ0v) is 19.6. The molecule has 0 radical (unpaired) electrons. The fourth-order valence-corrected chi connectivity index (χ4v) is 4.55. The minimum Gasteiger partial charge on any atom is -0.744 e. The average Bonchev–Trinajstić information content (AvgIpc) is 2.66. The minimum atomic E-state index is -4.66. The predicted molar refractivity (Wildman–Crippen MR) is 113 cm³/mol. The van der Waals surface area contributed by atoms with Crippen LogP contribution in [-0.2, 0) is 20.2 Å². The van der Waals surface area contributed by atoms with E-state index in [1.807, 2.05) is 0 Å². The quantitative estimate of drug-likeness (QED) is 0.323. The molecule has 0 fully saturated rings. The van der Waals surface area contributed by atoms with E-state index in [1.165, 1.54) is 24.3 Å². The molecule has 2 N–H and O–H groups in total. The smallest absolute Gasteiger partial charge is 0.744 e. The van der Waals surface area contributed by atoms with Gasteiger partial charge in [-0.3, -0.25) is 0 Å². The van der Waals surface area contributed by atoms with Crippen LogP contribution in [0.25, 0.3) is 21.5 Å². The standard InChI is InChI=1S/2C10H8O4S.Ca/c2*11-9-6-5-7-3-1-2-4-8(7)10(9)15(12,13)14;/h2*1-6,11H,(H,12,13,14);/q;;+2/p-2. The molecule has 0 bridgehead atoms. The Morgan fingerprint density at radius 3 is 1.19 bits per heavy atom. The first-order valence-electron chi connectivity index (χ1n) is 8.33. The molecule has 0 heterocycles. The molecule has 0 amide bonds. The fourth-order valence-electron chi connectivity index (χ4n) is 2.99. The van der Waals surface area contributed by atoms with Gasteiger partial charge in [-0.15, -0.1) is 0 Å². The summed E-state index contributed by atoms with van der Waals surface area (Å²) in [6.07, 6.45) is 0. The topological polar surface area (TPSA) is 155 Å². The van der Waals surface area contributed by atoms with Gasteiger partial charge in [0.1, 0.15) is 41.5 Å². The molecular weight excluding hydrogens is 472 g/mol. The Hall–Kier alpha value is -1.92. The SMILES string of the molecule is O=S(=O)([O-])c1c(O)ccc2ccccc12.O=S(=O)([O-])c1c(O)ccc2ccccc12.[Ca+2]. The summed E-state index contributed by atoms with van der Waals surface area (Å²) in [5.41, 5.74) is 0. The largest absolute Gasteiger partial charge is 2.00 e. The minimum absolute atomic E-state index is 0. The molecule has 8 nitrogen and oxygen atoms in total. The molecule has 4 aromatic carbocycles. The summed E-state index contributed by atoms with van der Waals surface area (Å²) < 4.78 is 65.7. The van der Waals surface area contributed by atoms with Crippen molar-refractivity contribution in [2.75, 3.05) is 0 Å². The van der Waals surface area contributed by atoms with E-state index in [0.29, 0.717) is 10.8 Å². The molecule has 0 aliphatic heterocycles. The molecule has 0 saturated heterocycles. The van der Waals surface area contributed by atoms with Crippen molar-refractivity contribution in [1.29, 1.82) is 0 Å². The van der Waals surface area contributed by atoms with Crippen LogP contribution < -0.4 is 0 Å². The zero-order chi connectivity index (χ0) is 22.1. The number of fused-ring (bicyclic) bond motifs is 2. The predicted octanol–water partition coefficient (Wildman–Crippen LogP) is 2.52. The van der Waals surface area contributed by atoms with Crippen molar-refractivity contribution in [3.8, 4) is 11.5 Å². The summed E-state index contributed by atoms with van der Waals surface area (Å²) in [4.78, 5) is -1.11. The van der Waals surface area contributed by atoms with E-state index in [9.17, 15) is 36.2 Å². The number of aromatic hydroxyl groups is 2. The number of hydrogen-bond donors (Lipinski definition) is 2. The van der Waals surface area contributed by atoms with Crippen LogP contribution in [-0.4, -0.2) is 73.9 Å². The molecule has 0 aliphatic rings. The Balaban J connectivity index is 0.000000213. The van der Waals surface area contributed by atoms with Gasteiger partial charge in [-0.25, -0.2) is 16.8 Å². The van der Waals surface area contributed by atoms with Crippen LogP contribution in [0.1, 0.15) is 0 Å². The second kappa shape index (κ2) is 9.70. The maximum Gasteiger partial charge on any atom is 2.00 e. The molecule has 0 aromatic heterocycles. The molecule has 156 valence electrons. The maximum absolute atomic E-state index is 11.0. The molecular formula is C20H14CaO8S2.